The second kappa shape index (κ2) is 34.4. The summed E-state index contributed by atoms with van der Waals surface area (Å²) in [4.78, 5) is 23.6. The second-order valence-electron chi connectivity index (χ2n) is 20.8. The molecule has 0 radical (unpaired) electrons. The van der Waals surface area contributed by atoms with E-state index >= 15 is 0 Å². The van der Waals surface area contributed by atoms with Crippen LogP contribution in [0.1, 0.15) is 147 Å². The first-order chi connectivity index (χ1) is 34.9. The standard InChI is InChI=1S/C60H92O14/c1-13-23-49(61)69-39-47-51(63)53(65)55(67)57(71-47)73-59(9,10)37-21-35-45(7)33-19-31-43(5)29-17-27-41(3)25-15-16-26-42(4)28-18-30-44(6)32-20-34-46(8)36-22-38-60(11,12)74-58-56(68)54(66)52(64)48(72-58)40-70-50(62)24-14-2/h15-20,25-34,47-48,51-58,63-68H,13-14,21-24,35-40H2,1-12H3. The van der Waals surface area contributed by atoms with Crippen LogP contribution in [-0.2, 0) is 38.0 Å². The number of hydrogen-bond donors (Lipinski definition) is 6. The maximum Gasteiger partial charge on any atom is 0.305 e. The zero-order chi connectivity index (χ0) is 55.4. The highest BCUT2D eigenvalue weighted by Gasteiger charge is 2.47. The average Bonchev–Trinajstić information content (AvgIpc) is 3.32. The van der Waals surface area contributed by atoms with Crippen molar-refractivity contribution in [2.75, 3.05) is 13.2 Å². The molecule has 0 saturated carbocycles. The number of carbonyl (C=O) groups excluding carboxylic acids is 2. The van der Waals surface area contributed by atoms with Crippen LogP contribution in [0.25, 0.3) is 0 Å². The molecule has 2 saturated heterocycles. The Hall–Kier alpha value is -4.32. The lowest BCUT2D eigenvalue weighted by molar-refractivity contribution is -0.324. The van der Waals surface area contributed by atoms with Crippen LogP contribution >= 0.6 is 0 Å². The maximum absolute atomic E-state index is 11.8. The van der Waals surface area contributed by atoms with Crippen molar-refractivity contribution in [2.24, 2.45) is 0 Å². The lowest BCUT2D eigenvalue weighted by Gasteiger charge is -2.43. The van der Waals surface area contributed by atoms with Gasteiger partial charge >= 0.3 is 11.9 Å². The minimum absolute atomic E-state index is 0.238. The smallest absolute Gasteiger partial charge is 0.305 e. The zero-order valence-corrected chi connectivity index (χ0v) is 46.4. The van der Waals surface area contributed by atoms with Gasteiger partial charge in [0.1, 0.15) is 62.0 Å². The third kappa shape index (κ3) is 26.4. The van der Waals surface area contributed by atoms with E-state index in [1.54, 1.807) is 0 Å². The number of esters is 2. The molecule has 2 heterocycles. The first-order valence-corrected chi connectivity index (χ1v) is 26.3. The van der Waals surface area contributed by atoms with Gasteiger partial charge in [-0.05, 0) is 121 Å². The Bertz CT molecular complexity index is 1920. The van der Waals surface area contributed by atoms with Crippen molar-refractivity contribution in [3.63, 3.8) is 0 Å². The highest BCUT2D eigenvalue weighted by Crippen LogP contribution is 2.31. The number of carbonyl (C=O) groups is 2. The van der Waals surface area contributed by atoms with E-state index in [1.807, 2.05) is 78.0 Å². The molecule has 10 atom stereocenters. The van der Waals surface area contributed by atoms with Crippen molar-refractivity contribution in [2.45, 2.75) is 220 Å². The Morgan fingerprint density at radius 1 is 0.446 bits per heavy atom. The van der Waals surface area contributed by atoms with E-state index in [0.29, 0.717) is 25.7 Å². The second-order valence-corrected chi connectivity index (χ2v) is 20.8. The van der Waals surface area contributed by atoms with Crippen LogP contribution < -0.4 is 0 Å². The van der Waals surface area contributed by atoms with Gasteiger partial charge in [-0.1, -0.05) is 145 Å². The Morgan fingerprint density at radius 3 is 1.08 bits per heavy atom. The summed E-state index contributed by atoms with van der Waals surface area (Å²) in [5, 5.41) is 62.7. The number of hydrogen-bond acceptors (Lipinski definition) is 14. The van der Waals surface area contributed by atoms with Crippen LogP contribution in [0.5, 0.6) is 0 Å². The molecule has 0 amide bonds. The first kappa shape index (κ1) is 65.8. The summed E-state index contributed by atoms with van der Waals surface area (Å²) < 4.78 is 34.0. The third-order valence-electron chi connectivity index (χ3n) is 12.4. The Kier molecular flexibility index (Phi) is 30.6. The molecule has 2 aliphatic rings. The summed E-state index contributed by atoms with van der Waals surface area (Å²) in [5.41, 5.74) is 5.46. The van der Waals surface area contributed by atoms with Gasteiger partial charge in [0.05, 0.1) is 11.2 Å². The van der Waals surface area contributed by atoms with Crippen molar-refractivity contribution < 1.29 is 68.6 Å². The van der Waals surface area contributed by atoms with Crippen LogP contribution in [0.2, 0.25) is 0 Å². The van der Waals surface area contributed by atoms with Crippen molar-refractivity contribution in [3.05, 3.63) is 131 Å². The summed E-state index contributed by atoms with van der Waals surface area (Å²) in [7, 11) is 0. The van der Waals surface area contributed by atoms with Gasteiger partial charge < -0.3 is 59.1 Å². The van der Waals surface area contributed by atoms with Crippen molar-refractivity contribution in [3.8, 4) is 0 Å². The SMILES string of the molecule is CCCC(=O)OCC1OC(OC(C)(C)CCCC(C)=CC=CC(C)=CC=CC(C)=CC=CC=C(C)C=CC=C(C)C=CC=C(C)CCCC(C)(C)OC2OC(COC(=O)CCC)C(O)C(O)C2O)C(O)C(O)C1O. The quantitative estimate of drug-likeness (QED) is 0.0292. The van der Waals surface area contributed by atoms with Gasteiger partial charge in [-0.15, -0.1) is 0 Å². The van der Waals surface area contributed by atoms with Gasteiger partial charge in [-0.3, -0.25) is 9.59 Å². The number of aliphatic hydroxyl groups excluding tert-OH is 6. The van der Waals surface area contributed by atoms with E-state index < -0.39 is 84.6 Å². The average molecular weight is 1040 g/mol. The zero-order valence-electron chi connectivity index (χ0n) is 46.4. The molecule has 14 nitrogen and oxygen atoms in total. The van der Waals surface area contributed by atoms with Crippen LogP contribution in [0.4, 0.5) is 0 Å². The summed E-state index contributed by atoms with van der Waals surface area (Å²) in [6.07, 6.45) is 26.0. The molecule has 74 heavy (non-hydrogen) atoms. The van der Waals surface area contributed by atoms with Gasteiger partial charge in [-0.25, -0.2) is 0 Å². The summed E-state index contributed by atoms with van der Waals surface area (Å²) in [5.74, 6) is -0.844. The van der Waals surface area contributed by atoms with Crippen molar-refractivity contribution in [1.29, 1.82) is 0 Å². The van der Waals surface area contributed by atoms with Crippen LogP contribution in [0, 0.1) is 0 Å². The summed E-state index contributed by atoms with van der Waals surface area (Å²) in [6.45, 7) is 23.1. The first-order valence-electron chi connectivity index (χ1n) is 26.3. The topological polar surface area (TPSA) is 211 Å². The molecule has 0 spiro atoms. The minimum Gasteiger partial charge on any atom is -0.463 e. The molecule has 2 rings (SSSR count). The lowest BCUT2D eigenvalue weighted by Crippen LogP contribution is -2.60. The Morgan fingerprint density at radius 2 is 0.757 bits per heavy atom. The van der Waals surface area contributed by atoms with E-state index in [4.69, 9.17) is 28.4 Å². The minimum atomic E-state index is -1.50. The van der Waals surface area contributed by atoms with E-state index in [9.17, 15) is 40.2 Å². The van der Waals surface area contributed by atoms with Gasteiger partial charge in [0.2, 0.25) is 0 Å². The van der Waals surface area contributed by atoms with E-state index in [-0.39, 0.29) is 26.1 Å². The number of ether oxygens (including phenoxy) is 6. The molecule has 416 valence electrons. The van der Waals surface area contributed by atoms with Gasteiger partial charge in [0.15, 0.2) is 12.6 Å². The molecule has 0 bridgehead atoms. The molecule has 2 aliphatic heterocycles. The van der Waals surface area contributed by atoms with E-state index in [1.165, 1.54) is 11.1 Å². The van der Waals surface area contributed by atoms with Crippen LogP contribution in [-0.4, -0.2) is 128 Å². The Balaban J connectivity index is 1.76. The fourth-order valence-electron chi connectivity index (χ4n) is 7.77. The highest BCUT2D eigenvalue weighted by molar-refractivity contribution is 5.69. The van der Waals surface area contributed by atoms with Crippen LogP contribution in [0.3, 0.4) is 0 Å². The molecule has 6 N–H and O–H groups in total. The predicted octanol–water partition coefficient (Wildman–Crippen LogP) is 9.68. The van der Waals surface area contributed by atoms with E-state index in [2.05, 4.69) is 102 Å². The monoisotopic (exact) mass is 1040 g/mol. The summed E-state index contributed by atoms with van der Waals surface area (Å²) in [6, 6.07) is 0. The van der Waals surface area contributed by atoms with Gasteiger partial charge in [0, 0.05) is 12.8 Å². The number of aliphatic hydroxyl groups is 6. The summed E-state index contributed by atoms with van der Waals surface area (Å²) >= 11 is 0. The predicted molar refractivity (Wildman–Crippen MR) is 291 cm³/mol. The third-order valence-corrected chi connectivity index (χ3v) is 12.4. The highest BCUT2D eigenvalue weighted by atomic mass is 16.7. The fourth-order valence-corrected chi connectivity index (χ4v) is 7.77. The number of allylic oxidation sites excluding steroid dienone is 22. The molecule has 0 aromatic carbocycles. The van der Waals surface area contributed by atoms with Gasteiger partial charge in [-0.2, -0.15) is 0 Å². The lowest BCUT2D eigenvalue weighted by atomic mass is 9.96. The molecular weight excluding hydrogens is 945 g/mol. The van der Waals surface area contributed by atoms with Crippen molar-refractivity contribution >= 4 is 11.9 Å². The maximum atomic E-state index is 11.8. The molecule has 14 heteroatoms. The number of rotatable bonds is 30. The van der Waals surface area contributed by atoms with E-state index in [0.717, 1.165) is 48.0 Å². The largest absolute Gasteiger partial charge is 0.463 e. The van der Waals surface area contributed by atoms with Crippen molar-refractivity contribution in [1.82, 2.24) is 0 Å². The molecule has 0 aromatic heterocycles. The molecule has 0 aliphatic carbocycles. The van der Waals surface area contributed by atoms with Gasteiger partial charge in [0.25, 0.3) is 0 Å². The normalized spacial score (nSPS) is 26.7. The molecule has 2 fully saturated rings. The fraction of sp³-hybridized carbons (Fsp3) is 0.600. The molecule has 0 aromatic rings. The molecule has 10 unspecified atom stereocenters. The molecular formula is C60H92O14. The van der Waals surface area contributed by atoms with Crippen LogP contribution in [0.15, 0.2) is 131 Å². The Labute approximate surface area is 442 Å².